The fourth-order valence-electron chi connectivity index (χ4n) is 1.47. The van der Waals surface area contributed by atoms with Gasteiger partial charge in [0.15, 0.2) is 5.82 Å². The van der Waals surface area contributed by atoms with Gasteiger partial charge in [0, 0.05) is 25.8 Å². The summed E-state index contributed by atoms with van der Waals surface area (Å²) in [6.45, 7) is 5.91. The topological polar surface area (TPSA) is 93.3 Å². The van der Waals surface area contributed by atoms with Crippen molar-refractivity contribution in [2.45, 2.75) is 26.9 Å². The maximum Gasteiger partial charge on any atom is 0.158 e. The molecule has 6 nitrogen and oxygen atoms in total. The van der Waals surface area contributed by atoms with E-state index in [1.165, 1.54) is 0 Å². The molecule has 0 saturated heterocycles. The molecule has 0 amide bonds. The van der Waals surface area contributed by atoms with Crippen LogP contribution in [0.25, 0.3) is 0 Å². The molecule has 0 saturated carbocycles. The molecule has 6 heteroatoms. The molecule has 0 aliphatic rings. The van der Waals surface area contributed by atoms with Gasteiger partial charge in [0.05, 0.1) is 0 Å². The summed E-state index contributed by atoms with van der Waals surface area (Å²) in [5.41, 5.74) is 5.71. The number of aliphatic hydroxyl groups is 1. The summed E-state index contributed by atoms with van der Waals surface area (Å²) in [5, 5.41) is 12.0. The Balaban J connectivity index is 2.56. The van der Waals surface area contributed by atoms with Gasteiger partial charge in [-0.05, 0) is 19.3 Å². The number of hydrogen-bond acceptors (Lipinski definition) is 6. The number of nitrogens with two attached hydrogens (primary N) is 1. The van der Waals surface area contributed by atoms with Crippen LogP contribution in [0.4, 0.5) is 11.6 Å². The molecule has 1 rings (SSSR count). The molecule has 0 radical (unpaired) electrons. The van der Waals surface area contributed by atoms with Crippen molar-refractivity contribution in [1.29, 1.82) is 0 Å². The highest BCUT2D eigenvalue weighted by Gasteiger charge is 2.05. The van der Waals surface area contributed by atoms with E-state index in [0.717, 1.165) is 13.0 Å². The smallest absolute Gasteiger partial charge is 0.158 e. The fourth-order valence-corrected chi connectivity index (χ4v) is 1.47. The summed E-state index contributed by atoms with van der Waals surface area (Å²) >= 11 is 0. The van der Waals surface area contributed by atoms with Crippen molar-refractivity contribution in [2.24, 2.45) is 5.92 Å². The Hall–Kier alpha value is -1.40. The molecule has 1 aromatic heterocycles. The highest BCUT2D eigenvalue weighted by molar-refractivity contribution is 5.44. The monoisotopic (exact) mass is 254 g/mol. The van der Waals surface area contributed by atoms with Crippen LogP contribution in [0.2, 0.25) is 0 Å². The van der Waals surface area contributed by atoms with E-state index in [2.05, 4.69) is 22.2 Å². The van der Waals surface area contributed by atoms with Crippen LogP contribution in [-0.4, -0.2) is 34.8 Å². The van der Waals surface area contributed by atoms with Crippen LogP contribution in [0.1, 0.15) is 26.1 Å². The summed E-state index contributed by atoms with van der Waals surface area (Å²) in [6.07, 6.45) is 0.763. The number of nitrogens with zero attached hydrogens (tertiary/aromatic N) is 2. The zero-order valence-electron chi connectivity index (χ0n) is 11.0. The Morgan fingerprint density at radius 2 is 2.28 bits per heavy atom. The summed E-state index contributed by atoms with van der Waals surface area (Å²) in [6, 6.07) is 1.70. The van der Waals surface area contributed by atoms with Gasteiger partial charge in [-0.3, -0.25) is 0 Å². The molecule has 0 spiro atoms. The first-order valence-corrected chi connectivity index (χ1v) is 6.21. The van der Waals surface area contributed by atoms with E-state index in [1.54, 1.807) is 6.07 Å². The van der Waals surface area contributed by atoms with Gasteiger partial charge in [-0.15, -0.1) is 0 Å². The van der Waals surface area contributed by atoms with Gasteiger partial charge < -0.3 is 20.9 Å². The van der Waals surface area contributed by atoms with Crippen molar-refractivity contribution < 1.29 is 9.84 Å². The molecule has 0 aromatic carbocycles. The highest BCUT2D eigenvalue weighted by Crippen LogP contribution is 2.10. The first kappa shape index (κ1) is 14.7. The molecule has 4 N–H and O–H groups in total. The zero-order chi connectivity index (χ0) is 13.4. The van der Waals surface area contributed by atoms with E-state index in [-0.39, 0.29) is 6.61 Å². The van der Waals surface area contributed by atoms with Crippen LogP contribution in [0.5, 0.6) is 0 Å². The molecular formula is C12H22N4O2. The van der Waals surface area contributed by atoms with E-state index in [9.17, 15) is 0 Å². The molecular weight excluding hydrogens is 232 g/mol. The molecule has 1 heterocycles. The minimum atomic E-state index is 0.199. The van der Waals surface area contributed by atoms with Gasteiger partial charge in [0.1, 0.15) is 18.2 Å². The van der Waals surface area contributed by atoms with Crippen LogP contribution >= 0.6 is 0 Å². The van der Waals surface area contributed by atoms with E-state index >= 15 is 0 Å². The third-order valence-electron chi connectivity index (χ3n) is 2.48. The first-order chi connectivity index (χ1) is 8.65. The molecule has 102 valence electrons. The Bertz CT molecular complexity index is 360. The highest BCUT2D eigenvalue weighted by atomic mass is 16.5. The number of anilines is 2. The Labute approximate surface area is 108 Å². The fraction of sp³-hybridized carbons (Fsp3) is 0.667. The van der Waals surface area contributed by atoms with E-state index in [0.29, 0.717) is 36.6 Å². The lowest BCUT2D eigenvalue weighted by atomic mass is 10.1. The summed E-state index contributed by atoms with van der Waals surface area (Å²) in [4.78, 5) is 8.41. The van der Waals surface area contributed by atoms with Crippen molar-refractivity contribution in [3.8, 4) is 0 Å². The predicted molar refractivity (Wildman–Crippen MR) is 71.1 cm³/mol. The SMILES string of the molecule is CCOCc1nc(N)cc(NCC(C)CCO)n1. The summed E-state index contributed by atoms with van der Waals surface area (Å²) < 4.78 is 5.25. The average Bonchev–Trinajstić information content (AvgIpc) is 2.34. The lowest BCUT2D eigenvalue weighted by Gasteiger charge is -2.12. The van der Waals surface area contributed by atoms with Crippen molar-refractivity contribution in [3.63, 3.8) is 0 Å². The number of nitrogen functional groups attached to an aromatic ring is 1. The molecule has 1 aromatic rings. The number of aromatic nitrogens is 2. The van der Waals surface area contributed by atoms with E-state index < -0.39 is 0 Å². The van der Waals surface area contributed by atoms with Crippen LogP contribution in [0, 0.1) is 5.92 Å². The standard InChI is InChI=1S/C12H22N4O2/c1-3-18-8-12-15-10(13)6-11(16-12)14-7-9(2)4-5-17/h6,9,17H,3-5,7-8H2,1-2H3,(H3,13,14,15,16). The van der Waals surface area contributed by atoms with Gasteiger partial charge in [-0.25, -0.2) is 9.97 Å². The van der Waals surface area contributed by atoms with Crippen LogP contribution in [0.15, 0.2) is 6.07 Å². The first-order valence-electron chi connectivity index (χ1n) is 6.21. The van der Waals surface area contributed by atoms with Crippen LogP contribution < -0.4 is 11.1 Å². The number of rotatable bonds is 8. The molecule has 0 aliphatic heterocycles. The molecule has 0 bridgehead atoms. The van der Waals surface area contributed by atoms with Crippen molar-refractivity contribution in [2.75, 3.05) is 30.8 Å². The largest absolute Gasteiger partial charge is 0.396 e. The third kappa shape index (κ3) is 5.29. The second-order valence-electron chi connectivity index (χ2n) is 4.23. The molecule has 0 fully saturated rings. The minimum Gasteiger partial charge on any atom is -0.396 e. The van der Waals surface area contributed by atoms with Crippen molar-refractivity contribution in [3.05, 3.63) is 11.9 Å². The van der Waals surface area contributed by atoms with Gasteiger partial charge in [-0.2, -0.15) is 0 Å². The normalized spacial score (nSPS) is 12.4. The maximum absolute atomic E-state index is 8.83. The van der Waals surface area contributed by atoms with Crippen LogP contribution in [0.3, 0.4) is 0 Å². The lowest BCUT2D eigenvalue weighted by molar-refractivity contribution is 0.128. The van der Waals surface area contributed by atoms with Gasteiger partial charge in [0.25, 0.3) is 0 Å². The van der Waals surface area contributed by atoms with Gasteiger partial charge in [-0.1, -0.05) is 6.92 Å². The molecule has 1 unspecified atom stereocenters. The third-order valence-corrected chi connectivity index (χ3v) is 2.48. The second-order valence-corrected chi connectivity index (χ2v) is 4.23. The Kier molecular flexibility index (Phi) is 6.38. The second kappa shape index (κ2) is 7.84. The van der Waals surface area contributed by atoms with E-state index in [4.69, 9.17) is 15.6 Å². The lowest BCUT2D eigenvalue weighted by Crippen LogP contribution is -2.14. The quantitative estimate of drug-likeness (QED) is 0.641. The average molecular weight is 254 g/mol. The van der Waals surface area contributed by atoms with Crippen molar-refractivity contribution in [1.82, 2.24) is 9.97 Å². The number of nitrogens with one attached hydrogen (secondary N) is 1. The Morgan fingerprint density at radius 1 is 1.50 bits per heavy atom. The number of ether oxygens (including phenoxy) is 1. The summed E-state index contributed by atoms with van der Waals surface area (Å²) in [7, 11) is 0. The predicted octanol–water partition coefficient (Wildman–Crippen LogP) is 1.03. The summed E-state index contributed by atoms with van der Waals surface area (Å²) in [5.74, 6) is 2.08. The molecule has 0 aliphatic carbocycles. The minimum absolute atomic E-state index is 0.199. The number of hydrogen-bond donors (Lipinski definition) is 3. The van der Waals surface area contributed by atoms with E-state index in [1.807, 2.05) is 6.92 Å². The van der Waals surface area contributed by atoms with Crippen molar-refractivity contribution >= 4 is 11.6 Å². The maximum atomic E-state index is 8.83. The zero-order valence-corrected chi connectivity index (χ0v) is 11.0. The van der Waals surface area contributed by atoms with Gasteiger partial charge >= 0.3 is 0 Å². The molecule has 18 heavy (non-hydrogen) atoms. The van der Waals surface area contributed by atoms with Gasteiger partial charge in [0.2, 0.25) is 0 Å². The number of aliphatic hydroxyl groups excluding tert-OH is 1. The Morgan fingerprint density at radius 3 is 2.94 bits per heavy atom. The molecule has 1 atom stereocenters. The van der Waals surface area contributed by atoms with Crippen LogP contribution in [-0.2, 0) is 11.3 Å².